The fourth-order valence-electron chi connectivity index (χ4n) is 3.13. The normalized spacial score (nSPS) is 14.3. The van der Waals surface area contributed by atoms with Crippen LogP contribution >= 0.6 is 23.2 Å². The van der Waals surface area contributed by atoms with Gasteiger partial charge in [-0.25, -0.2) is 0 Å². The van der Waals surface area contributed by atoms with E-state index in [-0.39, 0.29) is 0 Å². The Bertz CT molecular complexity index is 587. The lowest BCUT2D eigenvalue weighted by molar-refractivity contribution is 0.316. The molecule has 0 aromatic heterocycles. The molecule has 1 unspecified atom stereocenters. The Morgan fingerprint density at radius 3 is 2.28 bits per heavy atom. The molecular weight excluding hydrogens is 349 g/mol. The molecule has 25 heavy (non-hydrogen) atoms. The first-order valence-corrected chi connectivity index (χ1v) is 9.86. The molecule has 0 saturated carbocycles. The Labute approximate surface area is 164 Å². The van der Waals surface area contributed by atoms with Gasteiger partial charge in [0.15, 0.2) is 0 Å². The summed E-state index contributed by atoms with van der Waals surface area (Å²) in [6.07, 6.45) is 5.65. The first-order chi connectivity index (χ1) is 12.0. The first-order valence-electron chi connectivity index (χ1n) is 9.10. The maximum absolute atomic E-state index is 6.46. The third-order valence-electron chi connectivity index (χ3n) is 4.44. The number of halogens is 2. The third-order valence-corrected chi connectivity index (χ3v) is 5.17. The molecule has 1 aromatic carbocycles. The molecular formula is C22H31Cl2N. The Balaban J connectivity index is 3.05. The van der Waals surface area contributed by atoms with Gasteiger partial charge in [-0.15, -0.1) is 0 Å². The monoisotopic (exact) mass is 379 g/mol. The van der Waals surface area contributed by atoms with Gasteiger partial charge in [0.2, 0.25) is 0 Å². The molecule has 1 aromatic rings. The summed E-state index contributed by atoms with van der Waals surface area (Å²) >= 11 is 12.9. The van der Waals surface area contributed by atoms with Crippen LogP contribution in [0.15, 0.2) is 64.8 Å². The van der Waals surface area contributed by atoms with Gasteiger partial charge in [0.05, 0.1) is 15.8 Å². The maximum Gasteiger partial charge on any atom is 0.0741 e. The minimum atomic E-state index is 0.508. The number of allylic oxidation sites excluding steroid dienone is 4. The minimum absolute atomic E-state index is 0.508. The summed E-state index contributed by atoms with van der Waals surface area (Å²) in [4.78, 5) is 2.30. The van der Waals surface area contributed by atoms with Crippen molar-refractivity contribution in [3.05, 3.63) is 70.4 Å². The van der Waals surface area contributed by atoms with Gasteiger partial charge in [-0.2, -0.15) is 0 Å². The SMILES string of the molecule is C=C/C(Cl)=C(\C(Cl)=C/C)N(CCC)CCC(c1ccccc1)C(C)C. The molecule has 1 rings (SSSR count). The summed E-state index contributed by atoms with van der Waals surface area (Å²) in [6, 6.07) is 10.7. The van der Waals surface area contributed by atoms with Gasteiger partial charge < -0.3 is 4.90 Å². The Morgan fingerprint density at radius 2 is 1.80 bits per heavy atom. The van der Waals surface area contributed by atoms with E-state index in [1.807, 2.05) is 13.0 Å². The van der Waals surface area contributed by atoms with E-state index < -0.39 is 0 Å². The van der Waals surface area contributed by atoms with E-state index in [0.717, 1.165) is 31.6 Å². The van der Waals surface area contributed by atoms with Crippen LogP contribution in [0.4, 0.5) is 0 Å². The largest absolute Gasteiger partial charge is 0.369 e. The van der Waals surface area contributed by atoms with Crippen molar-refractivity contribution in [1.29, 1.82) is 0 Å². The van der Waals surface area contributed by atoms with Crippen LogP contribution in [0.3, 0.4) is 0 Å². The highest BCUT2D eigenvalue weighted by molar-refractivity contribution is 6.36. The van der Waals surface area contributed by atoms with Gasteiger partial charge in [0.1, 0.15) is 0 Å². The molecule has 0 aliphatic heterocycles. The molecule has 0 bridgehead atoms. The van der Waals surface area contributed by atoms with Gasteiger partial charge in [0, 0.05) is 13.1 Å². The molecule has 0 saturated heterocycles. The predicted octanol–water partition coefficient (Wildman–Crippen LogP) is 7.31. The van der Waals surface area contributed by atoms with Crippen molar-refractivity contribution < 1.29 is 0 Å². The number of rotatable bonds is 10. The fourth-order valence-corrected chi connectivity index (χ4v) is 3.63. The number of benzene rings is 1. The first kappa shape index (κ1) is 21.9. The van der Waals surface area contributed by atoms with E-state index in [1.165, 1.54) is 5.56 Å². The fraction of sp³-hybridized carbons (Fsp3) is 0.455. The molecule has 0 spiro atoms. The van der Waals surface area contributed by atoms with Crippen LogP contribution in [-0.4, -0.2) is 18.0 Å². The molecule has 0 amide bonds. The van der Waals surface area contributed by atoms with Crippen molar-refractivity contribution in [3.8, 4) is 0 Å². The van der Waals surface area contributed by atoms with Crippen molar-refractivity contribution in [2.75, 3.05) is 13.1 Å². The van der Waals surface area contributed by atoms with E-state index in [9.17, 15) is 0 Å². The van der Waals surface area contributed by atoms with Crippen LogP contribution in [0.1, 0.15) is 52.0 Å². The predicted molar refractivity (Wildman–Crippen MR) is 113 cm³/mol. The number of hydrogen-bond acceptors (Lipinski definition) is 1. The van der Waals surface area contributed by atoms with Crippen LogP contribution in [0.2, 0.25) is 0 Å². The average molecular weight is 380 g/mol. The molecule has 3 heteroatoms. The zero-order chi connectivity index (χ0) is 18.8. The molecule has 0 heterocycles. The van der Waals surface area contributed by atoms with E-state index in [2.05, 4.69) is 62.6 Å². The van der Waals surface area contributed by atoms with Crippen molar-refractivity contribution >= 4 is 23.2 Å². The molecule has 1 atom stereocenters. The lowest BCUT2D eigenvalue weighted by Gasteiger charge is -2.31. The lowest BCUT2D eigenvalue weighted by Crippen LogP contribution is -2.28. The summed E-state index contributed by atoms with van der Waals surface area (Å²) in [7, 11) is 0. The quantitative estimate of drug-likeness (QED) is 0.385. The topological polar surface area (TPSA) is 3.24 Å². The Kier molecular flexibility index (Phi) is 10.0. The van der Waals surface area contributed by atoms with Gasteiger partial charge in [-0.05, 0) is 43.2 Å². The highest BCUT2D eigenvalue weighted by atomic mass is 35.5. The maximum atomic E-state index is 6.46. The van der Waals surface area contributed by atoms with Crippen LogP contribution < -0.4 is 0 Å². The van der Waals surface area contributed by atoms with Gasteiger partial charge >= 0.3 is 0 Å². The van der Waals surface area contributed by atoms with Crippen LogP contribution in [0.5, 0.6) is 0 Å². The van der Waals surface area contributed by atoms with Crippen molar-refractivity contribution in [3.63, 3.8) is 0 Å². The summed E-state index contributed by atoms with van der Waals surface area (Å²) in [6.45, 7) is 14.3. The van der Waals surface area contributed by atoms with Gasteiger partial charge in [-0.3, -0.25) is 0 Å². The van der Waals surface area contributed by atoms with Crippen LogP contribution in [-0.2, 0) is 0 Å². The summed E-state index contributed by atoms with van der Waals surface area (Å²) in [5, 5.41) is 1.29. The second-order valence-corrected chi connectivity index (χ2v) is 7.39. The lowest BCUT2D eigenvalue weighted by atomic mass is 9.85. The van der Waals surface area contributed by atoms with E-state index >= 15 is 0 Å². The summed E-state index contributed by atoms with van der Waals surface area (Å²) in [5.41, 5.74) is 2.28. The van der Waals surface area contributed by atoms with Crippen molar-refractivity contribution in [2.45, 2.75) is 46.5 Å². The van der Waals surface area contributed by atoms with Gasteiger partial charge in [-0.1, -0.05) is 87.0 Å². The Hall–Kier alpha value is -1.18. The van der Waals surface area contributed by atoms with Crippen LogP contribution in [0.25, 0.3) is 0 Å². The standard InChI is InChI=1S/C22H31Cl2N/c1-6-15-25(22(20(23)7-2)21(24)8-3)16-14-19(17(4)5)18-12-10-9-11-13-18/h7-13,17,19H,2,6,14-16H2,1,3-5H3/b21-8+,22-20-. The molecule has 0 aliphatic carbocycles. The molecule has 0 N–H and O–H groups in total. The number of hydrogen-bond donors (Lipinski definition) is 0. The van der Waals surface area contributed by atoms with E-state index in [4.69, 9.17) is 23.2 Å². The zero-order valence-electron chi connectivity index (χ0n) is 15.9. The average Bonchev–Trinajstić information content (AvgIpc) is 2.62. The van der Waals surface area contributed by atoms with E-state index in [0.29, 0.717) is 21.9 Å². The molecule has 0 radical (unpaired) electrons. The van der Waals surface area contributed by atoms with Crippen molar-refractivity contribution in [1.82, 2.24) is 4.90 Å². The highest BCUT2D eigenvalue weighted by Crippen LogP contribution is 2.31. The Morgan fingerprint density at radius 1 is 1.16 bits per heavy atom. The molecule has 0 fully saturated rings. The second kappa shape index (κ2) is 11.4. The third kappa shape index (κ3) is 6.56. The van der Waals surface area contributed by atoms with Gasteiger partial charge in [0.25, 0.3) is 0 Å². The molecule has 0 aliphatic rings. The van der Waals surface area contributed by atoms with Crippen molar-refractivity contribution in [2.24, 2.45) is 5.92 Å². The highest BCUT2D eigenvalue weighted by Gasteiger charge is 2.20. The molecule has 138 valence electrons. The minimum Gasteiger partial charge on any atom is -0.369 e. The zero-order valence-corrected chi connectivity index (χ0v) is 17.4. The molecule has 1 nitrogen and oxygen atoms in total. The number of nitrogens with zero attached hydrogens (tertiary/aromatic N) is 1. The summed E-state index contributed by atoms with van der Waals surface area (Å²) < 4.78 is 0. The van der Waals surface area contributed by atoms with E-state index in [1.54, 1.807) is 6.08 Å². The smallest absolute Gasteiger partial charge is 0.0741 e. The van der Waals surface area contributed by atoms with Crippen LogP contribution in [0, 0.1) is 5.92 Å². The second-order valence-electron chi connectivity index (χ2n) is 6.57. The summed E-state index contributed by atoms with van der Waals surface area (Å²) in [5.74, 6) is 1.08.